The van der Waals surface area contributed by atoms with E-state index in [0.717, 1.165) is 5.56 Å². The first-order valence-electron chi connectivity index (χ1n) is 3.59. The number of benzene rings is 1. The first-order chi connectivity index (χ1) is 5.74. The van der Waals surface area contributed by atoms with Crippen LogP contribution in [0.4, 0.5) is 0 Å². The average molecular weight is 159 g/mol. The van der Waals surface area contributed by atoms with Gasteiger partial charge in [0.25, 0.3) is 0 Å². The highest BCUT2D eigenvalue weighted by atomic mass is 16.3. The normalized spacial score (nSPS) is 8.92. The van der Waals surface area contributed by atoms with Crippen LogP contribution in [0.1, 0.15) is 5.56 Å². The number of nitriles is 1. The Morgan fingerprint density at radius 3 is 2.75 bits per heavy atom. The minimum Gasteiger partial charge on any atom is -0.508 e. The molecule has 1 rings (SSSR count). The summed E-state index contributed by atoms with van der Waals surface area (Å²) in [5.41, 5.74) is 1.19. The van der Waals surface area contributed by atoms with Gasteiger partial charge in [0.05, 0.1) is 6.07 Å². The Kier molecular flexibility index (Phi) is 2.49. The molecule has 1 N–H and O–H groups in total. The highest BCUT2D eigenvalue weighted by molar-refractivity contribution is 5.37. The smallest absolute Gasteiger partial charge is 0.119 e. The van der Waals surface area contributed by atoms with E-state index >= 15 is 0 Å². The van der Waals surface area contributed by atoms with Crippen LogP contribution in [-0.4, -0.2) is 5.11 Å². The second kappa shape index (κ2) is 3.59. The maximum atomic E-state index is 9.30. The summed E-state index contributed by atoms with van der Waals surface area (Å²) >= 11 is 0. The molecule has 0 radical (unpaired) electrons. The zero-order valence-corrected chi connectivity index (χ0v) is 6.62. The zero-order valence-electron chi connectivity index (χ0n) is 6.62. The summed E-state index contributed by atoms with van der Waals surface area (Å²) in [7, 11) is 0. The van der Waals surface area contributed by atoms with E-state index in [2.05, 4.69) is 6.58 Å². The number of rotatable bonds is 2. The number of phenolic OH excluding ortho intramolecular Hbond substituents is 1. The van der Waals surface area contributed by atoms with Gasteiger partial charge in [-0.1, -0.05) is 24.8 Å². The lowest BCUT2D eigenvalue weighted by Crippen LogP contribution is -1.86. The van der Waals surface area contributed by atoms with Crippen LogP contribution in [0.2, 0.25) is 0 Å². The molecule has 0 aliphatic heterocycles. The third-order valence-corrected chi connectivity index (χ3v) is 1.55. The van der Waals surface area contributed by atoms with Crippen LogP contribution in [0.25, 0.3) is 0 Å². The van der Waals surface area contributed by atoms with Crippen LogP contribution in [0, 0.1) is 11.3 Å². The Bertz CT molecular complexity index is 336. The molecular formula is C10H9NO. The van der Waals surface area contributed by atoms with E-state index in [4.69, 9.17) is 5.26 Å². The molecule has 2 nitrogen and oxygen atoms in total. The first kappa shape index (κ1) is 8.35. The topological polar surface area (TPSA) is 44.0 Å². The number of hydrogen-bond donors (Lipinski definition) is 1. The summed E-state index contributed by atoms with van der Waals surface area (Å²) in [6, 6.07) is 8.87. The highest BCUT2D eigenvalue weighted by Crippen LogP contribution is 2.18. The van der Waals surface area contributed by atoms with Crippen molar-refractivity contribution in [1.82, 2.24) is 0 Å². The maximum Gasteiger partial charge on any atom is 0.119 e. The minimum atomic E-state index is 0.217. The molecule has 0 saturated heterocycles. The van der Waals surface area contributed by atoms with Crippen molar-refractivity contribution in [1.29, 1.82) is 5.26 Å². The SMILES string of the molecule is C=C(C#N)Cc1ccccc1O. The van der Waals surface area contributed by atoms with E-state index in [-0.39, 0.29) is 5.75 Å². The standard InChI is InChI=1S/C10H9NO/c1-8(7-11)6-9-4-2-3-5-10(9)12/h2-5,12H,1,6H2. The molecule has 0 fully saturated rings. The van der Waals surface area contributed by atoms with Crippen LogP contribution in [0.15, 0.2) is 36.4 Å². The maximum absolute atomic E-state index is 9.30. The molecule has 0 spiro atoms. The second-order valence-electron chi connectivity index (χ2n) is 2.52. The molecule has 12 heavy (non-hydrogen) atoms. The van der Waals surface area contributed by atoms with Crippen molar-refractivity contribution >= 4 is 0 Å². The lowest BCUT2D eigenvalue weighted by atomic mass is 10.1. The second-order valence-corrected chi connectivity index (χ2v) is 2.52. The van der Waals surface area contributed by atoms with E-state index in [0.29, 0.717) is 12.0 Å². The van der Waals surface area contributed by atoms with Gasteiger partial charge in [-0.3, -0.25) is 0 Å². The van der Waals surface area contributed by atoms with Crippen molar-refractivity contribution in [3.63, 3.8) is 0 Å². The van der Waals surface area contributed by atoms with Crippen molar-refractivity contribution < 1.29 is 5.11 Å². The van der Waals surface area contributed by atoms with Gasteiger partial charge in [-0.2, -0.15) is 5.26 Å². The molecule has 0 atom stereocenters. The monoisotopic (exact) mass is 159 g/mol. The van der Waals surface area contributed by atoms with Gasteiger partial charge in [-0.25, -0.2) is 0 Å². The van der Waals surface area contributed by atoms with Gasteiger partial charge in [-0.05, 0) is 11.6 Å². The van der Waals surface area contributed by atoms with Crippen molar-refractivity contribution in [2.24, 2.45) is 0 Å². The molecule has 0 aliphatic rings. The number of nitrogens with zero attached hydrogens (tertiary/aromatic N) is 1. The van der Waals surface area contributed by atoms with Crippen LogP contribution in [-0.2, 0) is 6.42 Å². The Hall–Kier alpha value is -1.75. The quantitative estimate of drug-likeness (QED) is 0.671. The minimum absolute atomic E-state index is 0.217. The van der Waals surface area contributed by atoms with E-state index in [1.807, 2.05) is 12.1 Å². The number of phenols is 1. The van der Waals surface area contributed by atoms with Crippen molar-refractivity contribution in [2.45, 2.75) is 6.42 Å². The molecule has 0 heterocycles. The van der Waals surface area contributed by atoms with E-state index in [1.165, 1.54) is 0 Å². The Labute approximate surface area is 71.4 Å². The number of para-hydroxylation sites is 1. The largest absolute Gasteiger partial charge is 0.508 e. The molecule has 0 amide bonds. The zero-order chi connectivity index (χ0) is 8.97. The fourth-order valence-corrected chi connectivity index (χ4v) is 0.930. The third-order valence-electron chi connectivity index (χ3n) is 1.55. The Morgan fingerprint density at radius 2 is 2.17 bits per heavy atom. The lowest BCUT2D eigenvalue weighted by Gasteiger charge is -2.00. The van der Waals surface area contributed by atoms with Gasteiger partial charge in [0, 0.05) is 12.0 Å². The van der Waals surface area contributed by atoms with E-state index in [9.17, 15) is 5.11 Å². The van der Waals surface area contributed by atoms with Crippen LogP contribution >= 0.6 is 0 Å². The van der Waals surface area contributed by atoms with Crippen LogP contribution in [0.3, 0.4) is 0 Å². The predicted molar refractivity (Wildman–Crippen MR) is 46.6 cm³/mol. The van der Waals surface area contributed by atoms with Gasteiger partial charge in [0.1, 0.15) is 5.75 Å². The fraction of sp³-hybridized carbons (Fsp3) is 0.100. The predicted octanol–water partition coefficient (Wildman–Crippen LogP) is 2.01. The molecule has 1 aromatic carbocycles. The van der Waals surface area contributed by atoms with Gasteiger partial charge in [-0.15, -0.1) is 0 Å². The number of aromatic hydroxyl groups is 1. The van der Waals surface area contributed by atoms with E-state index in [1.54, 1.807) is 18.2 Å². The van der Waals surface area contributed by atoms with Crippen LogP contribution in [0.5, 0.6) is 5.75 Å². The molecule has 0 aliphatic carbocycles. The summed E-state index contributed by atoms with van der Waals surface area (Å²) < 4.78 is 0. The Morgan fingerprint density at radius 1 is 1.50 bits per heavy atom. The molecule has 0 aromatic heterocycles. The summed E-state index contributed by atoms with van der Waals surface area (Å²) in [6.07, 6.45) is 0.420. The lowest BCUT2D eigenvalue weighted by molar-refractivity contribution is 0.469. The van der Waals surface area contributed by atoms with Crippen molar-refractivity contribution in [2.75, 3.05) is 0 Å². The Balaban J connectivity index is 2.84. The number of hydrogen-bond acceptors (Lipinski definition) is 2. The molecule has 0 saturated carbocycles. The van der Waals surface area contributed by atoms with Gasteiger partial charge in [0.15, 0.2) is 0 Å². The molecule has 2 heteroatoms. The summed E-state index contributed by atoms with van der Waals surface area (Å²) in [4.78, 5) is 0. The van der Waals surface area contributed by atoms with Crippen molar-refractivity contribution in [3.8, 4) is 11.8 Å². The van der Waals surface area contributed by atoms with Gasteiger partial charge < -0.3 is 5.11 Å². The number of allylic oxidation sites excluding steroid dienone is 1. The van der Waals surface area contributed by atoms with E-state index < -0.39 is 0 Å². The molecular weight excluding hydrogens is 150 g/mol. The summed E-state index contributed by atoms with van der Waals surface area (Å²) in [5.74, 6) is 0.217. The highest BCUT2D eigenvalue weighted by Gasteiger charge is 2.00. The molecule has 1 aromatic rings. The summed E-state index contributed by atoms with van der Waals surface area (Å²) in [5, 5.41) is 17.8. The molecule has 60 valence electrons. The fourth-order valence-electron chi connectivity index (χ4n) is 0.930. The summed E-state index contributed by atoms with van der Waals surface area (Å²) in [6.45, 7) is 3.54. The van der Waals surface area contributed by atoms with Gasteiger partial charge in [0.2, 0.25) is 0 Å². The molecule has 0 unspecified atom stereocenters. The third kappa shape index (κ3) is 1.86. The van der Waals surface area contributed by atoms with Gasteiger partial charge >= 0.3 is 0 Å². The van der Waals surface area contributed by atoms with Crippen molar-refractivity contribution in [3.05, 3.63) is 42.0 Å². The van der Waals surface area contributed by atoms with Crippen LogP contribution < -0.4 is 0 Å². The average Bonchev–Trinajstić information content (AvgIpc) is 2.09. The molecule has 0 bridgehead atoms. The first-order valence-corrected chi connectivity index (χ1v) is 3.59.